The molecule has 2 unspecified atom stereocenters. The molecule has 3 atom stereocenters. The standard InChI is InChI=1S/C32H41F3N4O4/c1-21(2)11-13-37-19-28-38(31(42)43-20-24-14-22(3)15-25(16-24)32(33,34)35)26(17-23-8-5-4-6-9-23)18-29(40)39(28)27(30(37)41)10-7-12-36/h4-6,8-9,14-16,21,26-28H,7,10-13,17-20,36H2,1-3H3/t26?,27-,28?/m0/s1. The first-order valence-corrected chi connectivity index (χ1v) is 14.9. The summed E-state index contributed by atoms with van der Waals surface area (Å²) in [6, 6.07) is 11.7. The molecule has 2 N–H and O–H groups in total. The van der Waals surface area contributed by atoms with Crippen LogP contribution >= 0.6 is 0 Å². The zero-order valence-electron chi connectivity index (χ0n) is 25.0. The molecule has 2 saturated heterocycles. The predicted molar refractivity (Wildman–Crippen MR) is 156 cm³/mol. The smallest absolute Gasteiger partial charge is 0.416 e. The maximum atomic E-state index is 13.9. The van der Waals surface area contributed by atoms with E-state index >= 15 is 0 Å². The highest BCUT2D eigenvalue weighted by molar-refractivity contribution is 5.91. The van der Waals surface area contributed by atoms with Crippen LogP contribution in [-0.4, -0.2) is 70.5 Å². The van der Waals surface area contributed by atoms with Crippen LogP contribution < -0.4 is 5.73 Å². The third-order valence-electron chi connectivity index (χ3n) is 8.06. The zero-order chi connectivity index (χ0) is 31.3. The number of carbonyl (C=O) groups excluding carboxylic acids is 3. The van der Waals surface area contributed by atoms with Gasteiger partial charge in [0.05, 0.1) is 12.1 Å². The van der Waals surface area contributed by atoms with Crippen LogP contribution in [0.2, 0.25) is 0 Å². The summed E-state index contributed by atoms with van der Waals surface area (Å²) >= 11 is 0. The number of hydrogen-bond acceptors (Lipinski definition) is 5. The fourth-order valence-corrected chi connectivity index (χ4v) is 5.97. The Morgan fingerprint density at radius 2 is 1.81 bits per heavy atom. The van der Waals surface area contributed by atoms with Crippen LogP contribution in [0.3, 0.4) is 0 Å². The second-order valence-corrected chi connectivity index (χ2v) is 11.9. The van der Waals surface area contributed by atoms with Crippen molar-refractivity contribution >= 4 is 17.9 Å². The molecule has 2 aromatic carbocycles. The lowest BCUT2D eigenvalue weighted by molar-refractivity contribution is -0.172. The minimum Gasteiger partial charge on any atom is -0.444 e. The summed E-state index contributed by atoms with van der Waals surface area (Å²) in [5.74, 6) is -0.0422. The largest absolute Gasteiger partial charge is 0.444 e. The molecule has 0 aromatic heterocycles. The Morgan fingerprint density at radius 1 is 1.09 bits per heavy atom. The molecule has 0 radical (unpaired) electrons. The first-order valence-electron chi connectivity index (χ1n) is 14.9. The second kappa shape index (κ2) is 13.8. The third-order valence-corrected chi connectivity index (χ3v) is 8.06. The summed E-state index contributed by atoms with van der Waals surface area (Å²) in [6.45, 7) is 6.25. The summed E-state index contributed by atoms with van der Waals surface area (Å²) in [7, 11) is 0. The normalized spacial score (nSPS) is 20.9. The van der Waals surface area contributed by atoms with Crippen LogP contribution in [0.25, 0.3) is 0 Å². The van der Waals surface area contributed by atoms with Crippen LogP contribution in [-0.2, 0) is 33.5 Å². The van der Waals surface area contributed by atoms with Gasteiger partial charge in [-0.2, -0.15) is 13.2 Å². The molecular formula is C32H41F3N4O4. The van der Waals surface area contributed by atoms with E-state index in [1.807, 2.05) is 30.3 Å². The molecule has 0 spiro atoms. The van der Waals surface area contributed by atoms with Gasteiger partial charge in [0.2, 0.25) is 11.8 Å². The number of nitrogens with two attached hydrogens (primary N) is 1. The van der Waals surface area contributed by atoms with Gasteiger partial charge in [0.1, 0.15) is 18.8 Å². The molecule has 43 heavy (non-hydrogen) atoms. The molecule has 11 heteroatoms. The summed E-state index contributed by atoms with van der Waals surface area (Å²) < 4.78 is 46.0. The van der Waals surface area contributed by atoms with E-state index in [9.17, 15) is 27.6 Å². The van der Waals surface area contributed by atoms with E-state index in [2.05, 4.69) is 13.8 Å². The summed E-state index contributed by atoms with van der Waals surface area (Å²) in [5.41, 5.74) is 6.48. The average molecular weight is 603 g/mol. The van der Waals surface area contributed by atoms with Crippen molar-refractivity contribution in [1.29, 1.82) is 0 Å². The Labute approximate surface area is 250 Å². The van der Waals surface area contributed by atoms with Gasteiger partial charge in [0.15, 0.2) is 0 Å². The van der Waals surface area contributed by atoms with Gasteiger partial charge < -0.3 is 20.3 Å². The second-order valence-electron chi connectivity index (χ2n) is 11.9. The van der Waals surface area contributed by atoms with Crippen molar-refractivity contribution in [3.8, 4) is 0 Å². The van der Waals surface area contributed by atoms with Gasteiger partial charge in [-0.15, -0.1) is 0 Å². The lowest BCUT2D eigenvalue weighted by Crippen LogP contribution is -2.73. The number of nitrogens with zero attached hydrogens (tertiary/aromatic N) is 3. The van der Waals surface area contributed by atoms with Gasteiger partial charge in [-0.25, -0.2) is 4.79 Å². The predicted octanol–water partition coefficient (Wildman–Crippen LogP) is 5.12. The van der Waals surface area contributed by atoms with Gasteiger partial charge in [-0.3, -0.25) is 14.5 Å². The highest BCUT2D eigenvalue weighted by Crippen LogP contribution is 2.34. The van der Waals surface area contributed by atoms with Crippen molar-refractivity contribution < 1.29 is 32.3 Å². The monoisotopic (exact) mass is 602 g/mol. The van der Waals surface area contributed by atoms with E-state index in [0.29, 0.717) is 43.8 Å². The minimum absolute atomic E-state index is 0.0123. The van der Waals surface area contributed by atoms with Crippen molar-refractivity contribution in [3.63, 3.8) is 0 Å². The van der Waals surface area contributed by atoms with E-state index in [4.69, 9.17) is 10.5 Å². The van der Waals surface area contributed by atoms with Crippen LogP contribution in [0.4, 0.5) is 18.0 Å². The van der Waals surface area contributed by atoms with Crippen molar-refractivity contribution in [1.82, 2.24) is 14.7 Å². The van der Waals surface area contributed by atoms with Crippen molar-refractivity contribution in [2.45, 2.75) is 83.9 Å². The van der Waals surface area contributed by atoms with Crippen molar-refractivity contribution in [2.24, 2.45) is 11.7 Å². The van der Waals surface area contributed by atoms with Crippen LogP contribution in [0.1, 0.15) is 61.8 Å². The van der Waals surface area contributed by atoms with Crippen LogP contribution in [0.5, 0.6) is 0 Å². The number of hydrogen-bond donors (Lipinski definition) is 1. The van der Waals surface area contributed by atoms with Crippen molar-refractivity contribution in [3.05, 3.63) is 70.8 Å². The molecule has 0 aliphatic carbocycles. The molecule has 2 aromatic rings. The number of rotatable bonds is 10. The van der Waals surface area contributed by atoms with E-state index in [0.717, 1.165) is 24.1 Å². The molecule has 2 aliphatic heterocycles. The fourth-order valence-electron chi connectivity index (χ4n) is 5.97. The minimum atomic E-state index is -4.54. The number of alkyl halides is 3. The van der Waals surface area contributed by atoms with E-state index in [1.165, 1.54) is 9.80 Å². The Kier molecular flexibility index (Phi) is 10.4. The van der Waals surface area contributed by atoms with E-state index in [1.54, 1.807) is 17.9 Å². The maximum Gasteiger partial charge on any atom is 0.416 e. The van der Waals surface area contributed by atoms with Gasteiger partial charge in [-0.05, 0) is 68.3 Å². The molecule has 2 heterocycles. The average Bonchev–Trinajstić information content (AvgIpc) is 2.94. The Balaban J connectivity index is 1.67. The van der Waals surface area contributed by atoms with Gasteiger partial charge in [0.25, 0.3) is 0 Å². The Bertz CT molecular complexity index is 1290. The number of fused-ring (bicyclic) bond motifs is 1. The molecule has 2 fully saturated rings. The molecule has 8 nitrogen and oxygen atoms in total. The quantitative estimate of drug-likeness (QED) is 0.408. The Morgan fingerprint density at radius 3 is 2.47 bits per heavy atom. The third kappa shape index (κ3) is 7.87. The SMILES string of the molecule is Cc1cc(COC(=O)N2C(Cc3ccccc3)CC(=O)N3C2CN(CCC(C)C)C(=O)[C@@H]3CCCN)cc(C(F)(F)F)c1. The number of amides is 3. The number of halogens is 3. The topological polar surface area (TPSA) is 96.2 Å². The highest BCUT2D eigenvalue weighted by Gasteiger charge is 2.51. The van der Waals surface area contributed by atoms with E-state index < -0.39 is 36.1 Å². The van der Waals surface area contributed by atoms with Gasteiger partial charge in [-0.1, -0.05) is 55.8 Å². The summed E-state index contributed by atoms with van der Waals surface area (Å²) in [6.07, 6.45) is -4.05. The van der Waals surface area contributed by atoms with Crippen molar-refractivity contribution in [2.75, 3.05) is 19.6 Å². The number of ether oxygens (including phenoxy) is 1. The molecule has 234 valence electrons. The summed E-state index contributed by atoms with van der Waals surface area (Å²) in [5, 5.41) is 0. The van der Waals surface area contributed by atoms with Gasteiger partial charge in [0, 0.05) is 19.0 Å². The molecule has 3 amide bonds. The van der Waals surface area contributed by atoms with Crippen LogP contribution in [0, 0.1) is 12.8 Å². The number of benzene rings is 2. The first kappa shape index (κ1) is 32.3. The number of piperazine rings is 1. The van der Waals surface area contributed by atoms with Crippen LogP contribution in [0.15, 0.2) is 48.5 Å². The lowest BCUT2D eigenvalue weighted by atomic mass is 9.93. The maximum absolute atomic E-state index is 13.9. The van der Waals surface area contributed by atoms with Gasteiger partial charge >= 0.3 is 12.3 Å². The molecule has 0 saturated carbocycles. The highest BCUT2D eigenvalue weighted by atomic mass is 19.4. The van der Waals surface area contributed by atoms with E-state index in [-0.39, 0.29) is 37.0 Å². The first-order chi connectivity index (χ1) is 20.4. The zero-order valence-corrected chi connectivity index (χ0v) is 25.0. The summed E-state index contributed by atoms with van der Waals surface area (Å²) in [4.78, 5) is 45.9. The lowest BCUT2D eigenvalue weighted by Gasteiger charge is -2.54. The molecule has 4 rings (SSSR count). The molecule has 0 bridgehead atoms. The Hall–Kier alpha value is -3.60. The fraction of sp³-hybridized carbons (Fsp3) is 0.531. The number of aryl methyl sites for hydroxylation is 1. The molecular weight excluding hydrogens is 561 g/mol. The molecule has 2 aliphatic rings. The number of carbonyl (C=O) groups is 3.